The molecule has 5 unspecified atom stereocenters. The van der Waals surface area contributed by atoms with Gasteiger partial charge in [-0.3, -0.25) is 28.8 Å². The Morgan fingerprint density at radius 2 is 1.14 bits per heavy atom. The van der Waals surface area contributed by atoms with E-state index in [0.29, 0.717) is 12.3 Å². The van der Waals surface area contributed by atoms with Crippen LogP contribution in [0.25, 0.3) is 0 Å². The van der Waals surface area contributed by atoms with Gasteiger partial charge in [0, 0.05) is 0 Å². The summed E-state index contributed by atoms with van der Waals surface area (Å²) < 4.78 is 0. The standard InChI is InChI=1S/2C6H13NO2.C5H9NO2.C4H9NO3.2C2H5NO2/c1-4(2)3-5(7)6(8)9;1-3-4(2)5(7)6(8)9;7-5(8)4-2-1-3-6-4;1-2(6)3(5)4(7)8;2*3-1-2(4)5/h2*4-5H,3,7H2,1-2H3,(H,8,9);4,6H,1-3H2,(H,7,8);2-3,6H,5H2,1H3,(H,7,8);2*1,3H2,(H,4,5)/t;;4-;;;/m..0.../s1. The van der Waals surface area contributed by atoms with Gasteiger partial charge in [0.15, 0.2) is 0 Å². The summed E-state index contributed by atoms with van der Waals surface area (Å²) in [6.45, 7) is 9.29. The molecule has 0 bridgehead atoms. The first-order chi connectivity index (χ1) is 20.0. The van der Waals surface area contributed by atoms with Crippen LogP contribution < -0.4 is 34.0 Å². The fourth-order valence-corrected chi connectivity index (χ4v) is 2.21. The lowest BCUT2D eigenvalue weighted by atomic mass is 10.0. The minimum absolute atomic E-state index is 0.0718. The number of nitrogens with two attached hydrogens (primary N) is 5. The van der Waals surface area contributed by atoms with E-state index in [9.17, 15) is 28.8 Å². The van der Waals surface area contributed by atoms with Gasteiger partial charge in [-0.1, -0.05) is 34.1 Å². The molecule has 0 aliphatic carbocycles. The van der Waals surface area contributed by atoms with Crippen LogP contribution >= 0.6 is 0 Å². The van der Waals surface area contributed by atoms with E-state index in [4.69, 9.17) is 52.9 Å². The van der Waals surface area contributed by atoms with Gasteiger partial charge < -0.3 is 69.7 Å². The van der Waals surface area contributed by atoms with Crippen molar-refractivity contribution in [1.82, 2.24) is 5.32 Å². The van der Waals surface area contributed by atoms with E-state index in [-0.39, 0.29) is 25.0 Å². The van der Waals surface area contributed by atoms with Crippen LogP contribution in [0.3, 0.4) is 0 Å². The number of hydrogen-bond donors (Lipinski definition) is 13. The van der Waals surface area contributed by atoms with Crippen molar-refractivity contribution >= 4 is 35.8 Å². The molecule has 0 radical (unpaired) electrons. The molecule has 19 nitrogen and oxygen atoms in total. The van der Waals surface area contributed by atoms with E-state index < -0.39 is 60.0 Å². The monoisotopic (exact) mass is 646 g/mol. The minimum atomic E-state index is -1.18. The van der Waals surface area contributed by atoms with E-state index in [1.165, 1.54) is 6.92 Å². The zero-order valence-electron chi connectivity index (χ0n) is 26.0. The molecule has 0 aromatic heterocycles. The number of rotatable bonds is 11. The molecular weight excluding hydrogens is 592 g/mol. The lowest BCUT2D eigenvalue weighted by Gasteiger charge is -2.11. The van der Waals surface area contributed by atoms with Gasteiger partial charge >= 0.3 is 35.8 Å². The van der Waals surface area contributed by atoms with Crippen LogP contribution in [0.5, 0.6) is 0 Å². The second-order valence-electron chi connectivity index (χ2n) is 9.61. The van der Waals surface area contributed by atoms with Crippen LogP contribution in [-0.2, 0) is 28.8 Å². The summed E-state index contributed by atoms with van der Waals surface area (Å²) in [6, 6.07) is -2.81. The van der Waals surface area contributed by atoms with Gasteiger partial charge in [0.2, 0.25) is 0 Å². The molecule has 44 heavy (non-hydrogen) atoms. The lowest BCUT2D eigenvalue weighted by molar-refractivity contribution is -0.141. The maximum Gasteiger partial charge on any atom is 0.323 e. The van der Waals surface area contributed by atoms with Crippen molar-refractivity contribution in [3.8, 4) is 0 Å². The highest BCUT2D eigenvalue weighted by Crippen LogP contribution is 2.04. The second-order valence-corrected chi connectivity index (χ2v) is 9.61. The molecule has 0 aromatic carbocycles. The molecule has 0 amide bonds. The second kappa shape index (κ2) is 31.0. The Kier molecular flexibility index (Phi) is 35.3. The van der Waals surface area contributed by atoms with Crippen LogP contribution in [0, 0.1) is 11.8 Å². The van der Waals surface area contributed by atoms with Crippen molar-refractivity contribution in [3.63, 3.8) is 0 Å². The third-order valence-electron chi connectivity index (χ3n) is 5.10. The fraction of sp³-hybridized carbons (Fsp3) is 0.760. The van der Waals surface area contributed by atoms with Crippen molar-refractivity contribution in [2.24, 2.45) is 40.5 Å². The molecule has 0 saturated carbocycles. The first kappa shape index (κ1) is 50.2. The molecule has 1 aliphatic heterocycles. The topological polar surface area (TPSA) is 386 Å². The minimum Gasteiger partial charge on any atom is -0.480 e. The third-order valence-corrected chi connectivity index (χ3v) is 5.10. The Bertz CT molecular complexity index is 783. The first-order valence-electron chi connectivity index (χ1n) is 13.5. The molecule has 6 atom stereocenters. The lowest BCUT2D eigenvalue weighted by Crippen LogP contribution is -2.39. The normalized spacial score (nSPS) is 16.2. The summed E-state index contributed by atoms with van der Waals surface area (Å²) in [6.07, 6.45) is 2.17. The maximum absolute atomic E-state index is 10.2. The maximum atomic E-state index is 10.2. The molecule has 18 N–H and O–H groups in total. The van der Waals surface area contributed by atoms with Gasteiger partial charge in [0.05, 0.1) is 19.2 Å². The Morgan fingerprint density at radius 3 is 1.23 bits per heavy atom. The van der Waals surface area contributed by atoms with Crippen molar-refractivity contribution in [3.05, 3.63) is 0 Å². The number of aliphatic carboxylic acids is 6. The van der Waals surface area contributed by atoms with Gasteiger partial charge in [-0.05, 0) is 44.6 Å². The molecule has 0 aromatic rings. The molecule has 1 fully saturated rings. The van der Waals surface area contributed by atoms with Gasteiger partial charge in [0.25, 0.3) is 0 Å². The average molecular weight is 647 g/mol. The quantitative estimate of drug-likeness (QED) is 0.111. The summed E-state index contributed by atoms with van der Waals surface area (Å²) in [5.41, 5.74) is 24.5. The SMILES string of the molecule is CC(C)CC(N)C(=O)O.CC(O)C(N)C(=O)O.CCC(C)C(N)C(=O)O.NCC(=O)O.NCC(=O)O.O=C(O)[C@@H]1CCCN1. The van der Waals surface area contributed by atoms with Gasteiger partial charge in [0.1, 0.15) is 24.2 Å². The number of carbonyl (C=O) groups is 6. The predicted octanol–water partition coefficient (Wildman–Crippen LogP) is -2.45. The molecule has 1 rings (SSSR count). The van der Waals surface area contributed by atoms with E-state index in [1.807, 2.05) is 27.7 Å². The van der Waals surface area contributed by atoms with Crippen LogP contribution in [0.15, 0.2) is 0 Å². The van der Waals surface area contributed by atoms with Crippen molar-refractivity contribution in [1.29, 1.82) is 0 Å². The zero-order valence-corrected chi connectivity index (χ0v) is 26.0. The molecule has 1 aliphatic rings. The Balaban J connectivity index is -0.000000140. The highest BCUT2D eigenvalue weighted by molar-refractivity contribution is 5.74. The molecule has 1 heterocycles. The Hall–Kier alpha value is -3.46. The molecule has 262 valence electrons. The van der Waals surface area contributed by atoms with Crippen LogP contribution in [0.4, 0.5) is 0 Å². The van der Waals surface area contributed by atoms with Crippen LogP contribution in [0.2, 0.25) is 0 Å². The summed E-state index contributed by atoms with van der Waals surface area (Å²) in [5.74, 6) is -5.23. The van der Waals surface area contributed by atoms with E-state index >= 15 is 0 Å². The molecule has 19 heteroatoms. The Morgan fingerprint density at radius 1 is 0.750 bits per heavy atom. The molecule has 0 spiro atoms. The van der Waals surface area contributed by atoms with E-state index in [0.717, 1.165) is 25.8 Å². The smallest absolute Gasteiger partial charge is 0.323 e. The highest BCUT2D eigenvalue weighted by Gasteiger charge is 2.20. The van der Waals surface area contributed by atoms with Crippen LogP contribution in [0.1, 0.15) is 60.3 Å². The van der Waals surface area contributed by atoms with Gasteiger partial charge in [-0.2, -0.15) is 0 Å². The summed E-state index contributed by atoms with van der Waals surface area (Å²) in [7, 11) is 0. The fourth-order valence-electron chi connectivity index (χ4n) is 2.21. The first-order valence-corrected chi connectivity index (χ1v) is 13.5. The van der Waals surface area contributed by atoms with Crippen LogP contribution in [-0.4, -0.2) is 121 Å². The number of aliphatic hydroxyl groups is 1. The summed E-state index contributed by atoms with van der Waals surface area (Å²) in [4.78, 5) is 58.8. The van der Waals surface area contributed by atoms with Crippen molar-refractivity contribution < 1.29 is 64.5 Å². The largest absolute Gasteiger partial charge is 0.480 e. The summed E-state index contributed by atoms with van der Waals surface area (Å²) >= 11 is 0. The van der Waals surface area contributed by atoms with E-state index in [1.54, 1.807) is 0 Å². The number of nitrogens with one attached hydrogen (secondary N) is 1. The Labute approximate surface area is 256 Å². The zero-order chi connectivity index (χ0) is 36.2. The summed E-state index contributed by atoms with van der Waals surface area (Å²) in [5, 5.41) is 59.6. The molecular formula is C25H54N6O13. The van der Waals surface area contributed by atoms with Crippen molar-refractivity contribution in [2.45, 2.75) is 90.6 Å². The van der Waals surface area contributed by atoms with Gasteiger partial charge in [-0.15, -0.1) is 0 Å². The highest BCUT2D eigenvalue weighted by atomic mass is 16.4. The van der Waals surface area contributed by atoms with Gasteiger partial charge in [-0.25, -0.2) is 0 Å². The number of aliphatic hydroxyl groups excluding tert-OH is 1. The van der Waals surface area contributed by atoms with E-state index in [2.05, 4.69) is 16.8 Å². The third kappa shape index (κ3) is 38.5. The average Bonchev–Trinajstić information content (AvgIpc) is 3.48. The van der Waals surface area contributed by atoms with Crippen molar-refractivity contribution in [2.75, 3.05) is 19.6 Å². The molecule has 1 saturated heterocycles. The number of hydrogen-bond acceptors (Lipinski definition) is 13. The number of carboxylic acid groups (broad SMARTS) is 6. The number of carboxylic acids is 6. The predicted molar refractivity (Wildman–Crippen MR) is 159 cm³/mol.